The second-order valence-electron chi connectivity index (χ2n) is 5.82. The van der Waals surface area contributed by atoms with Gasteiger partial charge in [0.1, 0.15) is 16.9 Å². The molecule has 0 spiro atoms. The fourth-order valence-corrected chi connectivity index (χ4v) is 3.31. The third-order valence-electron chi connectivity index (χ3n) is 4.62. The molecule has 3 N–H and O–H groups in total. The number of aliphatic carboxylic acids is 1. The molecule has 0 radical (unpaired) electrons. The van der Waals surface area contributed by atoms with E-state index in [0.29, 0.717) is 6.42 Å². The van der Waals surface area contributed by atoms with Crippen LogP contribution in [0.2, 0.25) is 0 Å². The van der Waals surface area contributed by atoms with Gasteiger partial charge in [0.05, 0.1) is 0 Å². The second-order valence-corrected chi connectivity index (χ2v) is 5.82. The lowest BCUT2D eigenvalue weighted by atomic mass is 9.88. The van der Waals surface area contributed by atoms with Gasteiger partial charge < -0.3 is 15.3 Å². The first-order valence-corrected chi connectivity index (χ1v) is 6.80. The van der Waals surface area contributed by atoms with Crippen LogP contribution in [0, 0.1) is 11.8 Å². The van der Waals surface area contributed by atoms with Crippen LogP contribution in [0.4, 0.5) is 0 Å². The van der Waals surface area contributed by atoms with Gasteiger partial charge in [-0.25, -0.2) is 0 Å². The van der Waals surface area contributed by atoms with Crippen LogP contribution in [0.5, 0.6) is 0 Å². The van der Waals surface area contributed by atoms with Gasteiger partial charge in [0.25, 0.3) is 0 Å². The molecule has 2 unspecified atom stereocenters. The molecule has 0 bridgehead atoms. The van der Waals surface area contributed by atoms with Gasteiger partial charge in [0.15, 0.2) is 0 Å². The number of fused-ring (bicyclic) bond motifs is 3. The average Bonchev–Trinajstić information content (AvgIpc) is 3.01. The molecule has 3 atom stereocenters. The van der Waals surface area contributed by atoms with Crippen molar-refractivity contribution in [3.63, 3.8) is 0 Å². The highest BCUT2D eigenvalue weighted by atomic mass is 16.4. The molecule has 0 aliphatic heterocycles. The molecule has 4 nitrogen and oxygen atoms in total. The third-order valence-corrected chi connectivity index (χ3v) is 4.62. The van der Waals surface area contributed by atoms with Crippen LogP contribution in [0.1, 0.15) is 17.7 Å². The molecule has 1 saturated carbocycles. The number of allylic oxidation sites excluding steroid dienone is 1. The molecule has 20 heavy (non-hydrogen) atoms. The van der Waals surface area contributed by atoms with Crippen molar-refractivity contribution in [2.45, 2.75) is 18.4 Å². The Morgan fingerprint density at radius 3 is 2.95 bits per heavy atom. The Balaban J connectivity index is 1.67. The van der Waals surface area contributed by atoms with Crippen molar-refractivity contribution in [1.82, 2.24) is 0 Å². The first kappa shape index (κ1) is 11.7. The van der Waals surface area contributed by atoms with Gasteiger partial charge in [-0.2, -0.15) is 0 Å². The van der Waals surface area contributed by atoms with Crippen molar-refractivity contribution in [2.24, 2.45) is 17.6 Å². The van der Waals surface area contributed by atoms with E-state index in [1.54, 1.807) is 0 Å². The predicted molar refractivity (Wildman–Crippen MR) is 75.1 cm³/mol. The number of nitrogens with two attached hydrogens (primary N) is 1. The van der Waals surface area contributed by atoms with Gasteiger partial charge >= 0.3 is 5.97 Å². The number of hydrogen-bond acceptors (Lipinski definition) is 3. The minimum absolute atomic E-state index is 0.0117. The van der Waals surface area contributed by atoms with Crippen molar-refractivity contribution >= 4 is 23.0 Å². The maximum Gasteiger partial charge on any atom is 0.323 e. The standard InChI is InChI=1S/C16H15NO3/c17-16(15(18)19)8-12(16)9-5-6-11-10-3-1-2-4-13(10)20-14(11)7-9/h1-6,9,12H,7-8,17H2,(H,18,19)/t9?,12-,16?/m0/s1. The fraction of sp³-hybridized carbons (Fsp3) is 0.312. The monoisotopic (exact) mass is 269 g/mol. The van der Waals surface area contributed by atoms with Gasteiger partial charge in [0.2, 0.25) is 0 Å². The highest BCUT2D eigenvalue weighted by molar-refractivity contribution is 5.89. The Hall–Kier alpha value is -2.07. The van der Waals surface area contributed by atoms with Crippen LogP contribution in [0.3, 0.4) is 0 Å². The summed E-state index contributed by atoms with van der Waals surface area (Å²) in [6.45, 7) is 0. The van der Waals surface area contributed by atoms with Crippen LogP contribution < -0.4 is 5.73 Å². The summed E-state index contributed by atoms with van der Waals surface area (Å²) in [7, 11) is 0. The summed E-state index contributed by atoms with van der Waals surface area (Å²) in [5.41, 5.74) is 6.86. The Bertz CT molecular complexity index is 745. The van der Waals surface area contributed by atoms with Crippen LogP contribution >= 0.6 is 0 Å². The molecule has 0 saturated heterocycles. The first-order valence-electron chi connectivity index (χ1n) is 6.80. The number of benzene rings is 1. The fourth-order valence-electron chi connectivity index (χ4n) is 3.31. The Morgan fingerprint density at radius 2 is 2.20 bits per heavy atom. The maximum absolute atomic E-state index is 11.2. The summed E-state index contributed by atoms with van der Waals surface area (Å²) in [6.07, 6.45) is 5.42. The summed E-state index contributed by atoms with van der Waals surface area (Å²) >= 11 is 0. The Labute approximate surface area is 115 Å². The van der Waals surface area contributed by atoms with Crippen molar-refractivity contribution < 1.29 is 14.3 Å². The molecule has 1 heterocycles. The molecule has 4 rings (SSSR count). The minimum Gasteiger partial charge on any atom is -0.480 e. The van der Waals surface area contributed by atoms with Gasteiger partial charge in [-0.15, -0.1) is 0 Å². The lowest BCUT2D eigenvalue weighted by Gasteiger charge is -2.17. The highest BCUT2D eigenvalue weighted by Gasteiger charge is 2.60. The summed E-state index contributed by atoms with van der Waals surface area (Å²) in [4.78, 5) is 11.2. The lowest BCUT2D eigenvalue weighted by Crippen LogP contribution is -2.37. The van der Waals surface area contributed by atoms with Gasteiger partial charge in [-0.05, 0) is 24.3 Å². The molecule has 2 aliphatic rings. The second kappa shape index (κ2) is 3.73. The zero-order valence-electron chi connectivity index (χ0n) is 10.9. The normalized spacial score (nSPS) is 31.2. The van der Waals surface area contributed by atoms with Crippen LogP contribution in [-0.2, 0) is 11.2 Å². The van der Waals surface area contributed by atoms with E-state index < -0.39 is 11.5 Å². The van der Waals surface area contributed by atoms with Crippen LogP contribution in [0.15, 0.2) is 34.8 Å². The van der Waals surface area contributed by atoms with Gasteiger partial charge in [-0.1, -0.05) is 30.4 Å². The maximum atomic E-state index is 11.2. The number of rotatable bonds is 2. The first-order chi connectivity index (χ1) is 9.59. The van der Waals surface area contributed by atoms with Crippen molar-refractivity contribution in [1.29, 1.82) is 0 Å². The number of hydrogen-bond donors (Lipinski definition) is 2. The number of carbonyl (C=O) groups is 1. The molecule has 2 aromatic rings. The van der Waals surface area contributed by atoms with E-state index in [4.69, 9.17) is 15.3 Å². The summed E-state index contributed by atoms with van der Waals surface area (Å²) in [6, 6.07) is 7.95. The molecular weight excluding hydrogens is 254 g/mol. The quantitative estimate of drug-likeness (QED) is 0.877. The number of para-hydroxylation sites is 1. The SMILES string of the molecule is NC1(C(=O)O)C[C@H]1C1C=Cc2c(oc3ccccc23)C1. The average molecular weight is 269 g/mol. The van der Waals surface area contributed by atoms with E-state index in [9.17, 15) is 4.79 Å². The zero-order valence-corrected chi connectivity index (χ0v) is 10.9. The summed E-state index contributed by atoms with van der Waals surface area (Å²) in [5.74, 6) is 0.214. The molecule has 102 valence electrons. The lowest BCUT2D eigenvalue weighted by molar-refractivity contribution is -0.140. The Kier molecular flexibility index (Phi) is 2.19. The minimum atomic E-state index is -1.04. The van der Waals surface area contributed by atoms with Gasteiger partial charge in [0, 0.05) is 17.4 Å². The predicted octanol–water partition coefficient (Wildman–Crippen LogP) is 2.42. The van der Waals surface area contributed by atoms with E-state index in [1.165, 1.54) is 0 Å². The van der Waals surface area contributed by atoms with Crippen molar-refractivity contribution in [3.8, 4) is 0 Å². The van der Waals surface area contributed by atoms with Crippen LogP contribution in [-0.4, -0.2) is 16.6 Å². The molecule has 2 aliphatic carbocycles. The topological polar surface area (TPSA) is 76.5 Å². The van der Waals surface area contributed by atoms with E-state index >= 15 is 0 Å². The summed E-state index contributed by atoms with van der Waals surface area (Å²) < 4.78 is 5.89. The van der Waals surface area contributed by atoms with E-state index in [2.05, 4.69) is 12.2 Å². The molecular formula is C16H15NO3. The number of furan rings is 1. The Morgan fingerprint density at radius 1 is 1.40 bits per heavy atom. The zero-order chi connectivity index (χ0) is 13.9. The molecule has 1 aromatic heterocycles. The molecule has 1 aromatic carbocycles. The third kappa shape index (κ3) is 1.48. The van der Waals surface area contributed by atoms with E-state index in [1.807, 2.05) is 24.3 Å². The number of carboxylic acid groups (broad SMARTS) is 1. The molecule has 4 heteroatoms. The molecule has 1 fully saturated rings. The summed E-state index contributed by atoms with van der Waals surface area (Å²) in [5, 5.41) is 10.3. The molecule has 0 amide bonds. The smallest absolute Gasteiger partial charge is 0.323 e. The largest absolute Gasteiger partial charge is 0.480 e. The van der Waals surface area contributed by atoms with Gasteiger partial charge in [-0.3, -0.25) is 4.79 Å². The van der Waals surface area contributed by atoms with Crippen LogP contribution in [0.25, 0.3) is 17.0 Å². The van der Waals surface area contributed by atoms with Crippen molar-refractivity contribution in [3.05, 3.63) is 41.7 Å². The number of carboxylic acids is 1. The van der Waals surface area contributed by atoms with E-state index in [0.717, 1.165) is 28.7 Å². The van der Waals surface area contributed by atoms with E-state index in [-0.39, 0.29) is 11.8 Å². The highest BCUT2D eigenvalue weighted by Crippen LogP contribution is 2.50. The van der Waals surface area contributed by atoms with Crippen molar-refractivity contribution in [2.75, 3.05) is 0 Å².